The summed E-state index contributed by atoms with van der Waals surface area (Å²) in [6.45, 7) is 4.16. The Bertz CT molecular complexity index is 1290. The van der Waals surface area contributed by atoms with Gasteiger partial charge in [-0.15, -0.1) is 0 Å². The van der Waals surface area contributed by atoms with E-state index in [2.05, 4.69) is 23.9 Å². The van der Waals surface area contributed by atoms with Crippen LogP contribution in [0.5, 0.6) is 5.75 Å². The monoisotopic (exact) mass is 498 g/mol. The number of carbonyl (C=O) groups is 1. The average Bonchev–Trinajstić information content (AvgIpc) is 2.85. The molecular formula is C26H27ClN2O4S. The van der Waals surface area contributed by atoms with Crippen molar-refractivity contribution in [3.05, 3.63) is 88.9 Å². The van der Waals surface area contributed by atoms with Crippen molar-refractivity contribution in [3.63, 3.8) is 0 Å². The Morgan fingerprint density at radius 1 is 1.03 bits per heavy atom. The van der Waals surface area contributed by atoms with Crippen molar-refractivity contribution in [2.45, 2.75) is 49.6 Å². The molecule has 0 spiro atoms. The van der Waals surface area contributed by atoms with E-state index in [1.807, 2.05) is 24.3 Å². The van der Waals surface area contributed by atoms with Crippen LogP contribution >= 0.6 is 11.6 Å². The SMILES string of the molecule is CCC1(CC)C[C@@H](NC(=O)c2cc(NS(=O)(=O)c3ccccc3)ccc2Cl)c2ccccc2O1. The van der Waals surface area contributed by atoms with Gasteiger partial charge >= 0.3 is 0 Å². The van der Waals surface area contributed by atoms with E-state index in [1.54, 1.807) is 18.2 Å². The predicted molar refractivity (Wildman–Crippen MR) is 134 cm³/mol. The van der Waals surface area contributed by atoms with Gasteiger partial charge in [0.25, 0.3) is 15.9 Å². The molecule has 3 aromatic rings. The molecule has 3 aromatic carbocycles. The lowest BCUT2D eigenvalue weighted by molar-refractivity contribution is 0.0227. The van der Waals surface area contributed by atoms with Crippen LogP contribution < -0.4 is 14.8 Å². The Morgan fingerprint density at radius 2 is 1.71 bits per heavy atom. The van der Waals surface area contributed by atoms with E-state index in [0.717, 1.165) is 24.2 Å². The van der Waals surface area contributed by atoms with E-state index in [4.69, 9.17) is 16.3 Å². The first kappa shape index (κ1) is 24.1. The number of fused-ring (bicyclic) bond motifs is 1. The second kappa shape index (κ2) is 9.68. The molecule has 0 aliphatic carbocycles. The third kappa shape index (κ3) is 4.91. The maximum Gasteiger partial charge on any atom is 0.261 e. The van der Waals surface area contributed by atoms with Gasteiger partial charge in [-0.2, -0.15) is 0 Å². The lowest BCUT2D eigenvalue weighted by atomic mass is 9.83. The van der Waals surface area contributed by atoms with Gasteiger partial charge in [0.05, 0.1) is 21.5 Å². The summed E-state index contributed by atoms with van der Waals surface area (Å²) in [5.41, 5.74) is 0.980. The summed E-state index contributed by atoms with van der Waals surface area (Å²) in [7, 11) is -3.80. The molecule has 0 unspecified atom stereocenters. The molecule has 2 N–H and O–H groups in total. The second-order valence-electron chi connectivity index (χ2n) is 8.37. The molecule has 178 valence electrons. The summed E-state index contributed by atoms with van der Waals surface area (Å²) in [6.07, 6.45) is 2.24. The second-order valence-corrected chi connectivity index (χ2v) is 10.5. The van der Waals surface area contributed by atoms with Crippen molar-refractivity contribution in [2.24, 2.45) is 0 Å². The van der Waals surface area contributed by atoms with Crippen molar-refractivity contribution in [2.75, 3.05) is 4.72 Å². The molecular weight excluding hydrogens is 472 g/mol. The van der Waals surface area contributed by atoms with E-state index in [-0.39, 0.29) is 38.7 Å². The number of halogens is 1. The summed E-state index contributed by atoms with van der Waals surface area (Å²) in [5.74, 6) is 0.381. The smallest absolute Gasteiger partial charge is 0.261 e. The average molecular weight is 499 g/mol. The van der Waals surface area contributed by atoms with Gasteiger partial charge in [-0.05, 0) is 49.2 Å². The molecule has 8 heteroatoms. The molecule has 4 rings (SSSR count). The number of rotatable bonds is 7. The standard InChI is InChI=1S/C26H27ClN2O4S/c1-3-26(4-2)17-23(20-12-8-9-13-24(20)33-26)28-25(30)21-16-18(14-15-22(21)27)29-34(31,32)19-10-6-5-7-11-19/h5-16,23,29H,3-4,17H2,1-2H3,(H,28,30)/t23-/m1/s1. The highest BCUT2D eigenvalue weighted by atomic mass is 35.5. The number of anilines is 1. The number of ether oxygens (including phenoxy) is 1. The van der Waals surface area contributed by atoms with E-state index in [1.165, 1.54) is 30.3 Å². The Labute approximate surface area is 205 Å². The number of benzene rings is 3. The summed E-state index contributed by atoms with van der Waals surface area (Å²) >= 11 is 6.35. The highest BCUT2D eigenvalue weighted by Crippen LogP contribution is 2.42. The van der Waals surface area contributed by atoms with Crippen molar-refractivity contribution in [3.8, 4) is 5.75 Å². The van der Waals surface area contributed by atoms with Crippen LogP contribution in [0.25, 0.3) is 0 Å². The third-order valence-corrected chi connectivity index (χ3v) is 8.03. The predicted octanol–water partition coefficient (Wildman–Crippen LogP) is 5.95. The van der Waals surface area contributed by atoms with E-state index in [9.17, 15) is 13.2 Å². The van der Waals surface area contributed by atoms with Crippen LogP contribution in [0.1, 0.15) is 55.1 Å². The Balaban J connectivity index is 1.60. The van der Waals surface area contributed by atoms with Gasteiger partial charge in [0.15, 0.2) is 0 Å². The molecule has 1 aliphatic rings. The number of sulfonamides is 1. The largest absolute Gasteiger partial charge is 0.487 e. The van der Waals surface area contributed by atoms with Gasteiger partial charge in [-0.1, -0.05) is 61.8 Å². The van der Waals surface area contributed by atoms with Crippen molar-refractivity contribution in [1.82, 2.24) is 5.32 Å². The van der Waals surface area contributed by atoms with Crippen LogP contribution in [-0.2, 0) is 10.0 Å². The molecule has 0 fully saturated rings. The first-order valence-corrected chi connectivity index (χ1v) is 13.1. The maximum atomic E-state index is 13.3. The van der Waals surface area contributed by atoms with Crippen molar-refractivity contribution >= 4 is 33.2 Å². The van der Waals surface area contributed by atoms with Gasteiger partial charge in [-0.3, -0.25) is 9.52 Å². The van der Waals surface area contributed by atoms with Crippen LogP contribution in [0.15, 0.2) is 77.7 Å². The summed E-state index contributed by atoms with van der Waals surface area (Å²) in [4.78, 5) is 13.4. The van der Waals surface area contributed by atoms with Crippen LogP contribution in [-0.4, -0.2) is 19.9 Å². The normalized spacial score (nSPS) is 16.7. The molecule has 1 aliphatic heterocycles. The van der Waals surface area contributed by atoms with Gasteiger partial charge < -0.3 is 10.1 Å². The summed E-state index contributed by atoms with van der Waals surface area (Å²) in [5, 5.41) is 3.33. The summed E-state index contributed by atoms with van der Waals surface area (Å²) < 4.78 is 34.2. The number of hydrogen-bond acceptors (Lipinski definition) is 4. The number of amides is 1. The number of hydrogen-bond donors (Lipinski definition) is 2. The minimum Gasteiger partial charge on any atom is -0.487 e. The highest BCUT2D eigenvalue weighted by Gasteiger charge is 2.39. The Kier molecular flexibility index (Phi) is 6.86. The fourth-order valence-corrected chi connectivity index (χ4v) is 5.52. The first-order chi connectivity index (χ1) is 16.3. The minimum absolute atomic E-state index is 0.130. The lowest BCUT2D eigenvalue weighted by Gasteiger charge is -2.41. The van der Waals surface area contributed by atoms with E-state index >= 15 is 0 Å². The number of para-hydroxylation sites is 1. The third-order valence-electron chi connectivity index (χ3n) is 6.31. The zero-order valence-corrected chi connectivity index (χ0v) is 20.6. The number of nitrogens with one attached hydrogen (secondary N) is 2. The topological polar surface area (TPSA) is 84.5 Å². The fourth-order valence-electron chi connectivity index (χ4n) is 4.24. The van der Waals surface area contributed by atoms with E-state index < -0.39 is 10.0 Å². The molecule has 0 bridgehead atoms. The molecule has 0 saturated heterocycles. The molecule has 6 nitrogen and oxygen atoms in total. The van der Waals surface area contributed by atoms with Gasteiger partial charge in [-0.25, -0.2) is 8.42 Å². The Hall–Kier alpha value is -3.03. The number of carbonyl (C=O) groups excluding carboxylic acids is 1. The lowest BCUT2D eigenvalue weighted by Crippen LogP contribution is -2.44. The Morgan fingerprint density at radius 3 is 2.41 bits per heavy atom. The molecule has 34 heavy (non-hydrogen) atoms. The van der Waals surface area contributed by atoms with Crippen LogP contribution in [0.3, 0.4) is 0 Å². The molecule has 0 saturated carbocycles. The first-order valence-electron chi connectivity index (χ1n) is 11.2. The van der Waals surface area contributed by atoms with Crippen LogP contribution in [0.2, 0.25) is 5.02 Å². The van der Waals surface area contributed by atoms with Crippen LogP contribution in [0.4, 0.5) is 5.69 Å². The highest BCUT2D eigenvalue weighted by molar-refractivity contribution is 7.92. The molecule has 1 amide bonds. The maximum absolute atomic E-state index is 13.3. The summed E-state index contributed by atoms with van der Waals surface area (Å²) in [6, 6.07) is 20.0. The zero-order valence-electron chi connectivity index (χ0n) is 19.0. The fraction of sp³-hybridized carbons (Fsp3) is 0.269. The quantitative estimate of drug-likeness (QED) is 0.421. The molecule has 0 aromatic heterocycles. The van der Waals surface area contributed by atoms with Gasteiger partial charge in [0.1, 0.15) is 11.4 Å². The van der Waals surface area contributed by atoms with Crippen LogP contribution in [0, 0.1) is 0 Å². The van der Waals surface area contributed by atoms with Gasteiger partial charge in [0.2, 0.25) is 0 Å². The van der Waals surface area contributed by atoms with Crippen molar-refractivity contribution in [1.29, 1.82) is 0 Å². The minimum atomic E-state index is -3.80. The van der Waals surface area contributed by atoms with Crippen molar-refractivity contribution < 1.29 is 17.9 Å². The van der Waals surface area contributed by atoms with E-state index in [0.29, 0.717) is 6.42 Å². The molecule has 0 radical (unpaired) electrons. The molecule has 1 heterocycles. The zero-order chi connectivity index (χ0) is 24.3. The molecule has 1 atom stereocenters. The van der Waals surface area contributed by atoms with Gasteiger partial charge in [0, 0.05) is 17.7 Å².